The number of imidazole rings is 1. The number of benzene rings is 1. The van der Waals surface area contributed by atoms with E-state index in [-0.39, 0.29) is 11.9 Å². The van der Waals surface area contributed by atoms with Crippen molar-refractivity contribution in [2.75, 3.05) is 6.61 Å². The van der Waals surface area contributed by atoms with Crippen LogP contribution in [0.15, 0.2) is 53.1 Å². The Morgan fingerprint density at radius 1 is 1.25 bits per heavy atom. The van der Waals surface area contributed by atoms with Gasteiger partial charge in [0.05, 0.1) is 23.9 Å². The average Bonchev–Trinajstić information content (AvgIpc) is 2.95. The number of esters is 1. The van der Waals surface area contributed by atoms with Gasteiger partial charge in [-0.05, 0) is 25.5 Å². The molecule has 2 aromatic heterocycles. The zero-order valence-electron chi connectivity index (χ0n) is 13.7. The number of nitrogens with zero attached hydrogens (tertiary/aromatic N) is 2. The minimum absolute atomic E-state index is 0.207. The molecule has 3 aromatic rings. The number of hydrogen-bond acceptors (Lipinski definition) is 3. The van der Waals surface area contributed by atoms with Crippen molar-refractivity contribution in [2.45, 2.75) is 26.2 Å². The summed E-state index contributed by atoms with van der Waals surface area (Å²) in [5.74, 6) is -0.557. The number of halogens is 1. The topological polar surface area (TPSA) is 43.6 Å². The third-order valence-corrected chi connectivity index (χ3v) is 4.48. The maximum atomic E-state index is 12.5. The van der Waals surface area contributed by atoms with E-state index >= 15 is 0 Å². The molecule has 3 rings (SSSR count). The molecule has 0 aliphatic rings. The predicted molar refractivity (Wildman–Crippen MR) is 98.0 cm³/mol. The van der Waals surface area contributed by atoms with Gasteiger partial charge in [-0.1, -0.05) is 53.2 Å². The smallest absolute Gasteiger partial charge is 0.315 e. The van der Waals surface area contributed by atoms with Crippen LogP contribution >= 0.6 is 15.9 Å². The van der Waals surface area contributed by atoms with Gasteiger partial charge in [0.1, 0.15) is 5.65 Å². The summed E-state index contributed by atoms with van der Waals surface area (Å²) in [5, 5.41) is 0. The van der Waals surface area contributed by atoms with Crippen molar-refractivity contribution in [3.63, 3.8) is 0 Å². The summed E-state index contributed by atoms with van der Waals surface area (Å²) < 4.78 is 8.23. The summed E-state index contributed by atoms with van der Waals surface area (Å²) in [7, 11) is 0. The Hall–Kier alpha value is -2.14. The van der Waals surface area contributed by atoms with Crippen LogP contribution < -0.4 is 0 Å². The van der Waals surface area contributed by atoms with Crippen molar-refractivity contribution in [3.05, 3.63) is 58.8 Å². The van der Waals surface area contributed by atoms with Gasteiger partial charge in [0.15, 0.2) is 0 Å². The lowest BCUT2D eigenvalue weighted by molar-refractivity contribution is -0.145. The second-order valence-electron chi connectivity index (χ2n) is 5.50. The lowest BCUT2D eigenvalue weighted by Gasteiger charge is -2.15. The summed E-state index contributed by atoms with van der Waals surface area (Å²) >= 11 is 3.49. The molecule has 4 nitrogen and oxygen atoms in total. The van der Waals surface area contributed by atoms with Crippen LogP contribution in [-0.4, -0.2) is 22.0 Å². The van der Waals surface area contributed by atoms with Crippen LogP contribution in [0.2, 0.25) is 0 Å². The summed E-state index contributed by atoms with van der Waals surface area (Å²) in [6.45, 7) is 4.20. The van der Waals surface area contributed by atoms with Crippen molar-refractivity contribution in [1.82, 2.24) is 9.38 Å². The Kier molecular flexibility index (Phi) is 5.00. The summed E-state index contributed by atoms with van der Waals surface area (Å²) in [6, 6.07) is 13.8. The Bertz CT molecular complexity index is 858. The van der Waals surface area contributed by atoms with Gasteiger partial charge in [0, 0.05) is 16.2 Å². The first kappa shape index (κ1) is 16.7. The first-order valence-corrected chi connectivity index (χ1v) is 8.84. The summed E-state index contributed by atoms with van der Waals surface area (Å²) in [6.07, 6.45) is 2.60. The lowest BCUT2D eigenvalue weighted by atomic mass is 9.97. The molecule has 24 heavy (non-hydrogen) atoms. The molecule has 0 aliphatic heterocycles. The third-order valence-electron chi connectivity index (χ3n) is 3.98. The van der Waals surface area contributed by atoms with Gasteiger partial charge in [-0.2, -0.15) is 0 Å². The van der Waals surface area contributed by atoms with Gasteiger partial charge in [-0.15, -0.1) is 0 Å². The molecule has 2 heterocycles. The molecule has 0 saturated heterocycles. The Labute approximate surface area is 149 Å². The fourth-order valence-electron chi connectivity index (χ4n) is 2.89. The third kappa shape index (κ3) is 3.08. The number of pyridine rings is 1. The standard InChI is InChI=1S/C19H19BrN2O2/c1-3-15(19(23)24-4-2)18-17(13-8-6-5-7-9-13)21-16-12-14(20)10-11-22(16)18/h5-12,15H,3-4H2,1-2H3. The predicted octanol–water partition coefficient (Wildman–Crippen LogP) is 4.82. The number of hydrogen-bond donors (Lipinski definition) is 0. The minimum atomic E-state index is -0.351. The zero-order chi connectivity index (χ0) is 17.1. The Balaban J connectivity index is 2.25. The zero-order valence-corrected chi connectivity index (χ0v) is 15.3. The fraction of sp³-hybridized carbons (Fsp3) is 0.263. The SMILES string of the molecule is CCOC(=O)C(CC)c1c(-c2ccccc2)nc2cc(Br)ccn12. The van der Waals surface area contributed by atoms with Crippen LogP contribution in [0, 0.1) is 0 Å². The van der Waals surface area contributed by atoms with Gasteiger partial charge in [0.25, 0.3) is 0 Å². The number of rotatable bonds is 5. The highest BCUT2D eigenvalue weighted by Crippen LogP contribution is 2.33. The number of fused-ring (bicyclic) bond motifs is 1. The van der Waals surface area contributed by atoms with E-state index in [1.54, 1.807) is 0 Å². The molecule has 124 valence electrons. The second-order valence-corrected chi connectivity index (χ2v) is 6.41. The van der Waals surface area contributed by atoms with Crippen LogP contribution in [0.1, 0.15) is 31.9 Å². The van der Waals surface area contributed by atoms with E-state index in [1.807, 2.05) is 66.9 Å². The van der Waals surface area contributed by atoms with E-state index < -0.39 is 0 Å². The van der Waals surface area contributed by atoms with Crippen LogP contribution in [0.5, 0.6) is 0 Å². The maximum absolute atomic E-state index is 12.5. The van der Waals surface area contributed by atoms with Crippen molar-refractivity contribution in [2.24, 2.45) is 0 Å². The molecular weight excluding hydrogens is 368 g/mol. The highest BCUT2D eigenvalue weighted by Gasteiger charge is 2.28. The molecule has 0 spiro atoms. The molecule has 0 radical (unpaired) electrons. The number of aromatic nitrogens is 2. The van der Waals surface area contributed by atoms with Crippen molar-refractivity contribution >= 4 is 27.5 Å². The van der Waals surface area contributed by atoms with Crippen LogP contribution in [0.4, 0.5) is 0 Å². The average molecular weight is 387 g/mol. The Morgan fingerprint density at radius 3 is 2.67 bits per heavy atom. The van der Waals surface area contributed by atoms with Crippen LogP contribution in [-0.2, 0) is 9.53 Å². The van der Waals surface area contributed by atoms with E-state index in [9.17, 15) is 4.79 Å². The molecule has 1 atom stereocenters. The van der Waals surface area contributed by atoms with Crippen molar-refractivity contribution in [3.8, 4) is 11.3 Å². The molecule has 1 aromatic carbocycles. The normalized spacial score (nSPS) is 12.3. The molecule has 0 aliphatic carbocycles. The summed E-state index contributed by atoms with van der Waals surface area (Å²) in [5.41, 5.74) is 3.51. The maximum Gasteiger partial charge on any atom is 0.315 e. The van der Waals surface area contributed by atoms with Gasteiger partial charge >= 0.3 is 5.97 Å². The molecule has 0 saturated carbocycles. The van der Waals surface area contributed by atoms with E-state index in [2.05, 4.69) is 15.9 Å². The molecule has 5 heteroatoms. The van der Waals surface area contributed by atoms with E-state index in [1.165, 1.54) is 0 Å². The fourth-order valence-corrected chi connectivity index (χ4v) is 3.22. The first-order valence-electron chi connectivity index (χ1n) is 8.05. The largest absolute Gasteiger partial charge is 0.465 e. The highest BCUT2D eigenvalue weighted by molar-refractivity contribution is 9.10. The Morgan fingerprint density at radius 2 is 2.00 bits per heavy atom. The molecular formula is C19H19BrN2O2. The number of ether oxygens (including phenoxy) is 1. The second kappa shape index (κ2) is 7.18. The molecule has 0 fully saturated rings. The molecule has 1 unspecified atom stereocenters. The van der Waals surface area contributed by atoms with E-state index in [4.69, 9.17) is 9.72 Å². The molecule has 0 N–H and O–H groups in total. The van der Waals surface area contributed by atoms with Crippen LogP contribution in [0.25, 0.3) is 16.9 Å². The number of carbonyl (C=O) groups is 1. The lowest BCUT2D eigenvalue weighted by Crippen LogP contribution is -2.17. The van der Waals surface area contributed by atoms with E-state index in [0.717, 1.165) is 27.1 Å². The summed E-state index contributed by atoms with van der Waals surface area (Å²) in [4.78, 5) is 17.3. The molecule has 0 amide bonds. The van der Waals surface area contributed by atoms with Gasteiger partial charge in [-0.3, -0.25) is 4.79 Å². The van der Waals surface area contributed by atoms with E-state index in [0.29, 0.717) is 13.0 Å². The minimum Gasteiger partial charge on any atom is -0.465 e. The molecule has 0 bridgehead atoms. The highest BCUT2D eigenvalue weighted by atomic mass is 79.9. The van der Waals surface area contributed by atoms with Gasteiger partial charge in [0.2, 0.25) is 0 Å². The van der Waals surface area contributed by atoms with Crippen molar-refractivity contribution < 1.29 is 9.53 Å². The van der Waals surface area contributed by atoms with Gasteiger partial charge < -0.3 is 9.14 Å². The number of carbonyl (C=O) groups excluding carboxylic acids is 1. The van der Waals surface area contributed by atoms with Crippen LogP contribution in [0.3, 0.4) is 0 Å². The quantitative estimate of drug-likeness (QED) is 0.590. The van der Waals surface area contributed by atoms with Crippen molar-refractivity contribution in [1.29, 1.82) is 0 Å². The van der Waals surface area contributed by atoms with Gasteiger partial charge in [-0.25, -0.2) is 4.98 Å². The first-order chi connectivity index (χ1) is 11.7. The monoisotopic (exact) mass is 386 g/mol.